The maximum Gasteiger partial charge on any atom is 0.151 e. The topological polar surface area (TPSA) is 49.4 Å². The van der Waals surface area contributed by atoms with E-state index < -0.39 is 9.84 Å². The Labute approximate surface area is 93.0 Å². The molecule has 1 unspecified atom stereocenters. The fourth-order valence-corrected chi connectivity index (χ4v) is 2.52. The molecule has 1 aliphatic heterocycles. The average Bonchev–Trinajstić information content (AvgIpc) is 2.40. The van der Waals surface area contributed by atoms with Crippen LogP contribution in [0, 0.1) is 0 Å². The summed E-state index contributed by atoms with van der Waals surface area (Å²) in [6.07, 6.45) is 1.10. The summed E-state index contributed by atoms with van der Waals surface area (Å²) in [5.41, 5.74) is 0. The van der Waals surface area contributed by atoms with E-state index in [0.717, 1.165) is 26.1 Å². The molecule has 90 valence electrons. The number of nitrogens with zero attached hydrogens (tertiary/aromatic N) is 1. The third-order valence-corrected chi connectivity index (χ3v) is 4.64. The van der Waals surface area contributed by atoms with Gasteiger partial charge in [-0.15, -0.1) is 0 Å². The van der Waals surface area contributed by atoms with Crippen LogP contribution in [0.5, 0.6) is 0 Å². The number of hydrogen-bond donors (Lipinski definition) is 1. The molecule has 1 heterocycles. The lowest BCUT2D eigenvalue weighted by atomic mass is 10.2. The van der Waals surface area contributed by atoms with Crippen molar-refractivity contribution in [3.63, 3.8) is 0 Å². The van der Waals surface area contributed by atoms with Gasteiger partial charge >= 0.3 is 0 Å². The fraction of sp³-hybridized carbons (Fsp3) is 1.00. The third-order valence-electron chi connectivity index (χ3n) is 2.96. The number of rotatable bonds is 4. The lowest BCUT2D eigenvalue weighted by Gasteiger charge is -2.18. The van der Waals surface area contributed by atoms with Crippen molar-refractivity contribution in [1.29, 1.82) is 0 Å². The molecule has 1 aliphatic rings. The summed E-state index contributed by atoms with van der Waals surface area (Å²) in [5, 5.41) is 3.39. The van der Waals surface area contributed by atoms with Crippen LogP contribution in [0.3, 0.4) is 0 Å². The Hall–Kier alpha value is -0.130. The van der Waals surface area contributed by atoms with E-state index in [1.807, 2.05) is 0 Å². The Morgan fingerprint density at radius 3 is 2.80 bits per heavy atom. The molecule has 0 spiro atoms. The third kappa shape index (κ3) is 4.95. The largest absolute Gasteiger partial charge is 0.313 e. The number of nitrogens with one attached hydrogen (secondary N) is 1. The van der Waals surface area contributed by atoms with E-state index in [-0.39, 0.29) is 5.75 Å². The van der Waals surface area contributed by atoms with Gasteiger partial charge in [-0.05, 0) is 19.9 Å². The van der Waals surface area contributed by atoms with Crippen LogP contribution in [-0.2, 0) is 9.84 Å². The zero-order valence-corrected chi connectivity index (χ0v) is 10.5. The summed E-state index contributed by atoms with van der Waals surface area (Å²) in [5.74, 6) is 0.563. The lowest BCUT2D eigenvalue weighted by molar-refractivity contribution is 0.307. The molecule has 1 rings (SSSR count). The molecular formula is C10H22N2O2S. The van der Waals surface area contributed by atoms with Gasteiger partial charge < -0.3 is 10.2 Å². The summed E-state index contributed by atoms with van der Waals surface area (Å²) in [6, 6.07) is 0.554. The van der Waals surface area contributed by atoms with Crippen molar-refractivity contribution < 1.29 is 8.42 Å². The first-order valence-electron chi connectivity index (χ1n) is 5.69. The molecule has 1 atom stereocenters. The highest BCUT2D eigenvalue weighted by Gasteiger charge is 2.15. The Kier molecular flexibility index (Phi) is 5.02. The molecule has 0 saturated carbocycles. The molecule has 0 aliphatic carbocycles. The molecule has 0 aromatic rings. The van der Waals surface area contributed by atoms with Gasteiger partial charge in [0, 0.05) is 31.4 Å². The average molecular weight is 234 g/mol. The van der Waals surface area contributed by atoms with E-state index in [9.17, 15) is 8.42 Å². The summed E-state index contributed by atoms with van der Waals surface area (Å²) >= 11 is 0. The molecule has 1 saturated heterocycles. The number of sulfone groups is 1. The lowest BCUT2D eigenvalue weighted by Crippen LogP contribution is -2.33. The Morgan fingerprint density at radius 1 is 1.40 bits per heavy atom. The van der Waals surface area contributed by atoms with Gasteiger partial charge in [-0.2, -0.15) is 0 Å². The van der Waals surface area contributed by atoms with Gasteiger partial charge in [0.25, 0.3) is 0 Å². The first-order valence-corrected chi connectivity index (χ1v) is 7.52. The second kappa shape index (κ2) is 5.82. The maximum atomic E-state index is 11.3. The van der Waals surface area contributed by atoms with Crippen LogP contribution in [0.15, 0.2) is 0 Å². The van der Waals surface area contributed by atoms with E-state index in [2.05, 4.69) is 17.1 Å². The minimum Gasteiger partial charge on any atom is -0.313 e. The van der Waals surface area contributed by atoms with Crippen molar-refractivity contribution in [2.75, 3.05) is 37.7 Å². The van der Waals surface area contributed by atoms with Crippen molar-refractivity contribution >= 4 is 9.84 Å². The van der Waals surface area contributed by atoms with Gasteiger partial charge in [-0.25, -0.2) is 8.42 Å². The summed E-state index contributed by atoms with van der Waals surface area (Å²) < 4.78 is 22.7. The van der Waals surface area contributed by atoms with Crippen LogP contribution in [0.2, 0.25) is 0 Å². The normalized spacial score (nSPS) is 25.1. The van der Waals surface area contributed by atoms with E-state index in [4.69, 9.17) is 0 Å². The summed E-state index contributed by atoms with van der Waals surface area (Å²) in [6.45, 7) is 7.50. The number of hydrogen-bond acceptors (Lipinski definition) is 4. The Bertz CT molecular complexity index is 277. The van der Waals surface area contributed by atoms with Crippen LogP contribution in [-0.4, -0.2) is 57.0 Å². The second-order valence-electron chi connectivity index (χ2n) is 4.22. The molecule has 0 amide bonds. The van der Waals surface area contributed by atoms with Crippen molar-refractivity contribution in [1.82, 2.24) is 10.2 Å². The molecular weight excluding hydrogens is 212 g/mol. The van der Waals surface area contributed by atoms with Crippen molar-refractivity contribution in [2.45, 2.75) is 26.3 Å². The van der Waals surface area contributed by atoms with Crippen LogP contribution < -0.4 is 5.32 Å². The van der Waals surface area contributed by atoms with Gasteiger partial charge in [0.1, 0.15) is 0 Å². The van der Waals surface area contributed by atoms with E-state index in [1.54, 1.807) is 6.92 Å². The van der Waals surface area contributed by atoms with Crippen LogP contribution in [0.1, 0.15) is 20.3 Å². The second-order valence-corrected chi connectivity index (χ2v) is 6.69. The molecule has 0 bridgehead atoms. The highest BCUT2D eigenvalue weighted by Crippen LogP contribution is 2.01. The molecule has 4 nitrogen and oxygen atoms in total. The Morgan fingerprint density at radius 2 is 2.13 bits per heavy atom. The van der Waals surface area contributed by atoms with Crippen LogP contribution in [0.4, 0.5) is 0 Å². The molecule has 1 fully saturated rings. The van der Waals surface area contributed by atoms with Gasteiger partial charge in [-0.3, -0.25) is 0 Å². The molecule has 0 aromatic carbocycles. The van der Waals surface area contributed by atoms with Gasteiger partial charge in [0.15, 0.2) is 9.84 Å². The van der Waals surface area contributed by atoms with E-state index in [0.29, 0.717) is 18.3 Å². The maximum absolute atomic E-state index is 11.3. The van der Waals surface area contributed by atoms with E-state index in [1.165, 1.54) is 0 Å². The molecule has 1 N–H and O–H groups in total. The van der Waals surface area contributed by atoms with Crippen molar-refractivity contribution in [3.8, 4) is 0 Å². The zero-order valence-electron chi connectivity index (χ0n) is 9.70. The van der Waals surface area contributed by atoms with E-state index >= 15 is 0 Å². The Balaban J connectivity index is 2.32. The van der Waals surface area contributed by atoms with Crippen LogP contribution in [0.25, 0.3) is 0 Å². The van der Waals surface area contributed by atoms with Gasteiger partial charge in [0.2, 0.25) is 0 Å². The standard InChI is InChI=1S/C10H22N2O2S/c1-3-15(13,14)9-8-12-6-4-10(2)11-5-7-12/h10-11H,3-9H2,1-2H3. The highest BCUT2D eigenvalue weighted by molar-refractivity contribution is 7.91. The predicted molar refractivity (Wildman–Crippen MR) is 62.8 cm³/mol. The minimum absolute atomic E-state index is 0.259. The molecule has 15 heavy (non-hydrogen) atoms. The van der Waals surface area contributed by atoms with Crippen LogP contribution >= 0.6 is 0 Å². The first-order chi connectivity index (χ1) is 7.03. The molecule has 0 radical (unpaired) electrons. The fourth-order valence-electron chi connectivity index (χ4n) is 1.70. The summed E-state index contributed by atoms with van der Waals surface area (Å²) in [4.78, 5) is 2.24. The van der Waals surface area contributed by atoms with Gasteiger partial charge in [0.05, 0.1) is 5.75 Å². The SMILES string of the molecule is CCS(=O)(=O)CCN1CCNC(C)CC1. The predicted octanol–water partition coefficient (Wildman–Crippen LogP) is 0.105. The molecule has 0 aromatic heterocycles. The highest BCUT2D eigenvalue weighted by atomic mass is 32.2. The van der Waals surface area contributed by atoms with Gasteiger partial charge in [-0.1, -0.05) is 6.92 Å². The zero-order chi connectivity index (χ0) is 11.3. The first kappa shape index (κ1) is 12.9. The van der Waals surface area contributed by atoms with Crippen molar-refractivity contribution in [3.05, 3.63) is 0 Å². The van der Waals surface area contributed by atoms with Crippen molar-refractivity contribution in [2.24, 2.45) is 0 Å². The minimum atomic E-state index is -2.81. The smallest absolute Gasteiger partial charge is 0.151 e. The monoisotopic (exact) mass is 234 g/mol. The summed E-state index contributed by atoms with van der Waals surface area (Å²) in [7, 11) is -2.81. The molecule has 5 heteroatoms. The quantitative estimate of drug-likeness (QED) is 0.750.